The number of ether oxygens (including phenoxy) is 1. The molecular formula is C19H23N3O5S. The molecule has 1 saturated heterocycles. The molecule has 0 unspecified atom stereocenters. The van der Waals surface area contributed by atoms with Gasteiger partial charge in [-0.25, -0.2) is 13.2 Å². The Labute approximate surface area is 164 Å². The minimum Gasteiger partial charge on any atom is -0.454 e. The molecule has 1 aromatic carbocycles. The number of ketones is 1. The molecule has 1 aromatic rings. The molecule has 2 N–H and O–H groups in total. The molecule has 0 saturated carbocycles. The van der Waals surface area contributed by atoms with Crippen molar-refractivity contribution in [3.05, 3.63) is 40.6 Å². The predicted octanol–water partition coefficient (Wildman–Crippen LogP) is 1.65. The number of sulfonamides is 1. The summed E-state index contributed by atoms with van der Waals surface area (Å²) in [5, 5.41) is 8.92. The Bertz CT molecular complexity index is 950. The molecule has 0 atom stereocenters. The van der Waals surface area contributed by atoms with Crippen LogP contribution in [0.2, 0.25) is 0 Å². The van der Waals surface area contributed by atoms with Gasteiger partial charge in [0.05, 0.1) is 10.5 Å². The van der Waals surface area contributed by atoms with Crippen LogP contribution < -0.4 is 5.73 Å². The van der Waals surface area contributed by atoms with E-state index in [2.05, 4.69) is 0 Å². The predicted molar refractivity (Wildman–Crippen MR) is 102 cm³/mol. The number of hydrogen-bond acceptors (Lipinski definition) is 7. The van der Waals surface area contributed by atoms with Crippen molar-refractivity contribution in [3.8, 4) is 6.07 Å². The number of carbonyl (C=O) groups excluding carboxylic acids is 2. The Hall–Kier alpha value is -2.70. The van der Waals surface area contributed by atoms with E-state index in [1.165, 1.54) is 29.4 Å². The van der Waals surface area contributed by atoms with Gasteiger partial charge in [0.2, 0.25) is 15.8 Å². The van der Waals surface area contributed by atoms with Gasteiger partial charge in [-0.05, 0) is 44.4 Å². The number of aryl methyl sites for hydroxylation is 1. The van der Waals surface area contributed by atoms with Crippen LogP contribution in [-0.2, 0) is 19.6 Å². The zero-order valence-corrected chi connectivity index (χ0v) is 16.7. The maximum atomic E-state index is 12.8. The van der Waals surface area contributed by atoms with E-state index in [-0.39, 0.29) is 21.7 Å². The van der Waals surface area contributed by atoms with E-state index in [1.807, 2.05) is 0 Å². The van der Waals surface area contributed by atoms with Gasteiger partial charge in [0.25, 0.3) is 0 Å². The monoisotopic (exact) mass is 405 g/mol. The number of piperidine rings is 1. The number of nitrogens with zero attached hydrogens (tertiary/aromatic N) is 2. The van der Waals surface area contributed by atoms with Crippen molar-refractivity contribution < 1.29 is 22.7 Å². The van der Waals surface area contributed by atoms with Crippen LogP contribution in [0, 0.1) is 18.3 Å². The number of hydrogen-bond donors (Lipinski definition) is 1. The average molecular weight is 405 g/mol. The number of nitrogens with two attached hydrogens (primary N) is 1. The highest BCUT2D eigenvalue weighted by Gasteiger charge is 2.27. The van der Waals surface area contributed by atoms with E-state index in [0.29, 0.717) is 18.7 Å². The zero-order chi connectivity index (χ0) is 20.9. The van der Waals surface area contributed by atoms with Crippen molar-refractivity contribution >= 4 is 21.8 Å². The third kappa shape index (κ3) is 4.77. The first-order chi connectivity index (χ1) is 13.2. The van der Waals surface area contributed by atoms with Crippen molar-refractivity contribution in [2.75, 3.05) is 19.7 Å². The van der Waals surface area contributed by atoms with Crippen LogP contribution in [-0.4, -0.2) is 44.2 Å². The molecule has 0 spiro atoms. The number of nitriles is 1. The lowest BCUT2D eigenvalue weighted by atomic mass is 10.1. The fraction of sp³-hybridized carbons (Fsp3) is 0.421. The number of benzene rings is 1. The third-order valence-corrected chi connectivity index (χ3v) is 6.40. The van der Waals surface area contributed by atoms with Crippen molar-refractivity contribution in [2.24, 2.45) is 5.73 Å². The summed E-state index contributed by atoms with van der Waals surface area (Å²) in [4.78, 5) is 24.3. The van der Waals surface area contributed by atoms with Crippen LogP contribution in [0.3, 0.4) is 0 Å². The normalized spacial score (nSPS) is 16.0. The second-order valence-corrected chi connectivity index (χ2v) is 8.55. The molecule has 2 rings (SSSR count). The van der Waals surface area contributed by atoms with Gasteiger partial charge in [0, 0.05) is 18.8 Å². The molecule has 1 fully saturated rings. The molecule has 0 radical (unpaired) electrons. The summed E-state index contributed by atoms with van der Waals surface area (Å²) in [6.07, 6.45) is 2.60. The number of rotatable bonds is 6. The fourth-order valence-electron chi connectivity index (χ4n) is 2.89. The van der Waals surface area contributed by atoms with Crippen LogP contribution in [0.25, 0.3) is 0 Å². The average Bonchev–Trinajstić information content (AvgIpc) is 2.67. The van der Waals surface area contributed by atoms with Crippen molar-refractivity contribution in [1.29, 1.82) is 5.26 Å². The molecule has 1 heterocycles. The zero-order valence-electron chi connectivity index (χ0n) is 15.9. The standard InChI is InChI=1S/C19H23N3O5S/c1-13-6-7-15(28(25,26)22-8-4-3-5-9-22)10-16(13)19(24)27-12-18(23)17(11-20)14(2)21/h6-7,10H,3-5,8-9,12,21H2,1-2H3/b17-14+. The van der Waals surface area contributed by atoms with Gasteiger partial charge < -0.3 is 10.5 Å². The van der Waals surface area contributed by atoms with E-state index in [0.717, 1.165) is 19.3 Å². The minimum atomic E-state index is -3.70. The second kappa shape index (κ2) is 8.99. The summed E-state index contributed by atoms with van der Waals surface area (Å²) in [7, 11) is -3.70. The largest absolute Gasteiger partial charge is 0.454 e. The molecule has 0 aromatic heterocycles. The lowest BCUT2D eigenvalue weighted by Gasteiger charge is -2.26. The minimum absolute atomic E-state index is 0.00805. The van der Waals surface area contributed by atoms with Crippen LogP contribution in [0.5, 0.6) is 0 Å². The first kappa shape index (κ1) is 21.6. The number of allylic oxidation sites excluding steroid dienone is 1. The molecule has 28 heavy (non-hydrogen) atoms. The summed E-state index contributed by atoms with van der Waals surface area (Å²) in [6.45, 7) is 3.29. The highest BCUT2D eigenvalue weighted by Crippen LogP contribution is 2.23. The topological polar surface area (TPSA) is 131 Å². The lowest BCUT2D eigenvalue weighted by Crippen LogP contribution is -2.35. The van der Waals surface area contributed by atoms with Gasteiger partial charge in [-0.1, -0.05) is 12.5 Å². The number of esters is 1. The van der Waals surface area contributed by atoms with Crippen LogP contribution in [0.4, 0.5) is 0 Å². The van der Waals surface area contributed by atoms with E-state index in [9.17, 15) is 18.0 Å². The second-order valence-electron chi connectivity index (χ2n) is 6.61. The highest BCUT2D eigenvalue weighted by atomic mass is 32.2. The van der Waals surface area contributed by atoms with Gasteiger partial charge in [0.1, 0.15) is 11.6 Å². The van der Waals surface area contributed by atoms with Crippen LogP contribution in [0.1, 0.15) is 42.1 Å². The lowest BCUT2D eigenvalue weighted by molar-refractivity contribution is -0.118. The molecule has 0 aliphatic carbocycles. The Balaban J connectivity index is 2.21. The van der Waals surface area contributed by atoms with E-state index in [4.69, 9.17) is 15.7 Å². The van der Waals surface area contributed by atoms with E-state index in [1.54, 1.807) is 13.0 Å². The molecule has 8 nitrogen and oxygen atoms in total. The van der Waals surface area contributed by atoms with E-state index >= 15 is 0 Å². The summed E-state index contributed by atoms with van der Waals surface area (Å²) in [5.41, 5.74) is 5.79. The quantitative estimate of drug-likeness (QED) is 0.432. The van der Waals surface area contributed by atoms with E-state index < -0.39 is 28.4 Å². The van der Waals surface area contributed by atoms with Crippen molar-refractivity contribution in [1.82, 2.24) is 4.31 Å². The summed E-state index contributed by atoms with van der Waals surface area (Å²) in [5.74, 6) is -1.56. The van der Waals surface area contributed by atoms with Gasteiger partial charge in [-0.2, -0.15) is 9.57 Å². The molecule has 1 aliphatic rings. The maximum Gasteiger partial charge on any atom is 0.338 e. The molecule has 0 bridgehead atoms. The number of carbonyl (C=O) groups is 2. The van der Waals surface area contributed by atoms with Crippen molar-refractivity contribution in [3.63, 3.8) is 0 Å². The molecule has 1 aliphatic heterocycles. The Kier molecular flexibility index (Phi) is 6.94. The first-order valence-electron chi connectivity index (χ1n) is 8.86. The smallest absolute Gasteiger partial charge is 0.338 e. The SMILES string of the molecule is C/C(N)=C(/C#N)C(=O)COC(=O)c1cc(S(=O)(=O)N2CCCCC2)ccc1C. The first-order valence-corrected chi connectivity index (χ1v) is 10.3. The Morgan fingerprint density at radius 3 is 2.46 bits per heavy atom. The summed E-state index contributed by atoms with van der Waals surface area (Å²) < 4.78 is 32.0. The highest BCUT2D eigenvalue weighted by molar-refractivity contribution is 7.89. The van der Waals surface area contributed by atoms with Crippen LogP contribution in [0.15, 0.2) is 34.4 Å². The third-order valence-electron chi connectivity index (χ3n) is 4.50. The van der Waals surface area contributed by atoms with Gasteiger partial charge in [-0.3, -0.25) is 4.79 Å². The number of Topliss-reactive ketones (excluding diaryl/α,β-unsaturated/α-hetero) is 1. The van der Waals surface area contributed by atoms with Crippen LogP contribution >= 0.6 is 0 Å². The van der Waals surface area contributed by atoms with Gasteiger partial charge in [-0.15, -0.1) is 0 Å². The Morgan fingerprint density at radius 1 is 1.25 bits per heavy atom. The fourth-order valence-corrected chi connectivity index (χ4v) is 4.43. The van der Waals surface area contributed by atoms with Crippen molar-refractivity contribution in [2.45, 2.75) is 38.0 Å². The maximum absolute atomic E-state index is 12.8. The van der Waals surface area contributed by atoms with Gasteiger partial charge in [0.15, 0.2) is 6.61 Å². The summed E-state index contributed by atoms with van der Waals surface area (Å²) >= 11 is 0. The van der Waals surface area contributed by atoms with Gasteiger partial charge >= 0.3 is 5.97 Å². The Morgan fingerprint density at radius 2 is 1.89 bits per heavy atom. The molecule has 9 heteroatoms. The molecular weight excluding hydrogens is 382 g/mol. The summed E-state index contributed by atoms with van der Waals surface area (Å²) in [6, 6.07) is 5.92. The molecule has 0 amide bonds. The molecule has 150 valence electrons.